The Hall–Kier alpha value is -2.33. The predicted molar refractivity (Wildman–Crippen MR) is 110 cm³/mol. The highest BCUT2D eigenvalue weighted by Crippen LogP contribution is 2.29. The van der Waals surface area contributed by atoms with E-state index in [1.807, 2.05) is 48.5 Å². The van der Waals surface area contributed by atoms with Crippen LogP contribution < -0.4 is 0 Å². The fraction of sp³-hybridized carbons (Fsp3) is 0.286. The lowest BCUT2D eigenvalue weighted by molar-refractivity contribution is 0.0953. The SMILES string of the molecule is N#Cc1ccc(CSc2nnc(-c3ccc(Cl)cc3)n2C[C@@H]2CCCO2)cc1. The van der Waals surface area contributed by atoms with Gasteiger partial charge in [-0.25, -0.2) is 0 Å². The van der Waals surface area contributed by atoms with Crippen molar-refractivity contribution >= 4 is 23.4 Å². The zero-order valence-corrected chi connectivity index (χ0v) is 16.8. The maximum absolute atomic E-state index is 8.94. The highest BCUT2D eigenvalue weighted by Gasteiger charge is 2.21. The van der Waals surface area contributed by atoms with Gasteiger partial charge in [0.15, 0.2) is 11.0 Å². The second kappa shape index (κ2) is 8.78. The Balaban J connectivity index is 1.58. The first-order valence-electron chi connectivity index (χ1n) is 9.15. The molecule has 7 heteroatoms. The standard InChI is InChI=1S/C21H19ClN4OS/c22-18-9-7-17(8-10-18)20-24-25-21(26(20)13-19-2-1-11-27-19)28-14-16-5-3-15(12-23)4-6-16/h3-10,19H,1-2,11,13-14H2/t19-/m0/s1. The summed E-state index contributed by atoms with van der Waals surface area (Å²) in [7, 11) is 0. The van der Waals surface area contributed by atoms with Crippen LogP contribution in [0.25, 0.3) is 11.4 Å². The molecule has 0 radical (unpaired) electrons. The van der Waals surface area contributed by atoms with E-state index in [-0.39, 0.29) is 6.10 Å². The summed E-state index contributed by atoms with van der Waals surface area (Å²) in [5.41, 5.74) is 2.80. The molecule has 0 unspecified atom stereocenters. The summed E-state index contributed by atoms with van der Waals surface area (Å²) in [5.74, 6) is 1.59. The topological polar surface area (TPSA) is 63.7 Å². The molecule has 0 aliphatic carbocycles. The van der Waals surface area contributed by atoms with E-state index in [9.17, 15) is 0 Å². The Bertz CT molecular complexity index is 973. The number of benzene rings is 2. The zero-order chi connectivity index (χ0) is 19.3. The van der Waals surface area contributed by atoms with Crippen molar-refractivity contribution in [3.63, 3.8) is 0 Å². The van der Waals surface area contributed by atoms with Gasteiger partial charge in [-0.2, -0.15) is 5.26 Å². The van der Waals surface area contributed by atoms with E-state index >= 15 is 0 Å². The van der Waals surface area contributed by atoms with Gasteiger partial charge in [0.2, 0.25) is 0 Å². The fourth-order valence-electron chi connectivity index (χ4n) is 3.19. The number of halogens is 1. The molecule has 2 aromatic carbocycles. The number of nitriles is 1. The maximum Gasteiger partial charge on any atom is 0.191 e. The quantitative estimate of drug-likeness (QED) is 0.538. The number of hydrogen-bond donors (Lipinski definition) is 0. The summed E-state index contributed by atoms with van der Waals surface area (Å²) in [5, 5.41) is 19.4. The minimum absolute atomic E-state index is 0.191. The van der Waals surface area contributed by atoms with Gasteiger partial charge in [-0.3, -0.25) is 4.57 Å². The van der Waals surface area contributed by atoms with E-state index in [1.54, 1.807) is 11.8 Å². The first-order valence-corrected chi connectivity index (χ1v) is 10.5. The molecule has 1 saturated heterocycles. The molecule has 28 heavy (non-hydrogen) atoms. The van der Waals surface area contributed by atoms with Crippen molar-refractivity contribution in [2.75, 3.05) is 6.61 Å². The Labute approximate surface area is 173 Å². The number of hydrogen-bond acceptors (Lipinski definition) is 5. The molecule has 142 valence electrons. The monoisotopic (exact) mass is 410 g/mol. The van der Waals surface area contributed by atoms with Crippen molar-refractivity contribution in [3.05, 3.63) is 64.7 Å². The van der Waals surface area contributed by atoms with Gasteiger partial charge >= 0.3 is 0 Å². The Morgan fingerprint density at radius 3 is 2.61 bits per heavy atom. The average molecular weight is 411 g/mol. The lowest BCUT2D eigenvalue weighted by Gasteiger charge is -2.15. The van der Waals surface area contributed by atoms with Crippen molar-refractivity contribution in [3.8, 4) is 17.5 Å². The molecule has 1 aliphatic rings. The Kier molecular flexibility index (Phi) is 5.96. The molecular weight excluding hydrogens is 392 g/mol. The van der Waals surface area contributed by atoms with Crippen LogP contribution in [0.1, 0.15) is 24.0 Å². The van der Waals surface area contributed by atoms with Gasteiger partial charge < -0.3 is 4.74 Å². The first-order chi connectivity index (χ1) is 13.7. The zero-order valence-electron chi connectivity index (χ0n) is 15.2. The van der Waals surface area contributed by atoms with Gasteiger partial charge in [-0.15, -0.1) is 10.2 Å². The number of nitrogens with zero attached hydrogens (tertiary/aromatic N) is 4. The normalized spacial score (nSPS) is 16.2. The van der Waals surface area contributed by atoms with Gasteiger partial charge in [0.1, 0.15) is 0 Å². The lowest BCUT2D eigenvalue weighted by Crippen LogP contribution is -2.16. The first kappa shape index (κ1) is 19.0. The molecule has 1 aromatic heterocycles. The van der Waals surface area contributed by atoms with Crippen molar-refractivity contribution < 1.29 is 4.74 Å². The molecule has 1 aliphatic heterocycles. The largest absolute Gasteiger partial charge is 0.376 e. The second-order valence-corrected chi connectivity index (χ2v) is 8.04. The van der Waals surface area contributed by atoms with E-state index in [0.29, 0.717) is 10.6 Å². The highest BCUT2D eigenvalue weighted by atomic mass is 35.5. The van der Waals surface area contributed by atoms with Gasteiger partial charge in [-0.05, 0) is 54.8 Å². The van der Waals surface area contributed by atoms with Crippen molar-refractivity contribution in [1.29, 1.82) is 5.26 Å². The molecular formula is C21H19ClN4OS. The molecule has 2 heterocycles. The van der Waals surface area contributed by atoms with Gasteiger partial charge in [0.05, 0.1) is 24.3 Å². The number of rotatable bonds is 6. The summed E-state index contributed by atoms with van der Waals surface area (Å²) >= 11 is 7.67. The number of ether oxygens (including phenoxy) is 1. The molecule has 0 saturated carbocycles. The number of thioether (sulfide) groups is 1. The van der Waals surface area contributed by atoms with Crippen LogP contribution in [0.15, 0.2) is 53.7 Å². The summed E-state index contributed by atoms with van der Waals surface area (Å²) in [6.45, 7) is 1.55. The van der Waals surface area contributed by atoms with E-state index < -0.39 is 0 Å². The van der Waals surface area contributed by atoms with Crippen LogP contribution in [0, 0.1) is 11.3 Å². The molecule has 4 rings (SSSR count). The van der Waals surface area contributed by atoms with Crippen LogP contribution in [0.4, 0.5) is 0 Å². The van der Waals surface area contributed by atoms with E-state index in [1.165, 1.54) is 0 Å². The van der Waals surface area contributed by atoms with Crippen LogP contribution in [0.5, 0.6) is 0 Å². The fourth-order valence-corrected chi connectivity index (χ4v) is 4.22. The summed E-state index contributed by atoms with van der Waals surface area (Å²) < 4.78 is 7.99. The molecule has 0 spiro atoms. The smallest absolute Gasteiger partial charge is 0.191 e. The van der Waals surface area contributed by atoms with Gasteiger partial charge in [-0.1, -0.05) is 35.5 Å². The Morgan fingerprint density at radius 1 is 1.14 bits per heavy atom. The molecule has 5 nitrogen and oxygen atoms in total. The number of aromatic nitrogens is 3. The maximum atomic E-state index is 8.94. The van der Waals surface area contributed by atoms with E-state index in [0.717, 1.165) is 53.9 Å². The summed E-state index contributed by atoms with van der Waals surface area (Å²) in [6, 6.07) is 17.4. The van der Waals surface area contributed by atoms with Crippen molar-refractivity contribution in [1.82, 2.24) is 14.8 Å². The highest BCUT2D eigenvalue weighted by molar-refractivity contribution is 7.98. The van der Waals surface area contributed by atoms with Crippen LogP contribution in [-0.2, 0) is 17.0 Å². The van der Waals surface area contributed by atoms with Gasteiger partial charge in [0.25, 0.3) is 0 Å². The molecule has 3 aromatic rings. The molecule has 0 bridgehead atoms. The molecule has 1 atom stereocenters. The summed E-state index contributed by atoms with van der Waals surface area (Å²) in [4.78, 5) is 0. The van der Waals surface area contributed by atoms with Gasteiger partial charge in [0, 0.05) is 22.9 Å². The molecule has 0 N–H and O–H groups in total. The van der Waals surface area contributed by atoms with Crippen molar-refractivity contribution in [2.24, 2.45) is 0 Å². The second-order valence-electron chi connectivity index (χ2n) is 6.66. The summed E-state index contributed by atoms with van der Waals surface area (Å²) in [6.07, 6.45) is 2.34. The van der Waals surface area contributed by atoms with E-state index in [4.69, 9.17) is 21.6 Å². The minimum Gasteiger partial charge on any atom is -0.376 e. The molecule has 0 amide bonds. The minimum atomic E-state index is 0.191. The lowest BCUT2D eigenvalue weighted by atomic mass is 10.2. The van der Waals surface area contributed by atoms with Crippen molar-refractivity contribution in [2.45, 2.75) is 36.4 Å². The third-order valence-electron chi connectivity index (χ3n) is 4.68. The van der Waals surface area contributed by atoms with Crippen LogP contribution in [0.2, 0.25) is 5.02 Å². The molecule has 1 fully saturated rings. The Morgan fingerprint density at radius 2 is 1.93 bits per heavy atom. The van der Waals surface area contributed by atoms with Crippen LogP contribution in [-0.4, -0.2) is 27.5 Å². The van der Waals surface area contributed by atoms with Crippen LogP contribution in [0.3, 0.4) is 0 Å². The van der Waals surface area contributed by atoms with Crippen LogP contribution >= 0.6 is 23.4 Å². The third-order valence-corrected chi connectivity index (χ3v) is 5.97. The van der Waals surface area contributed by atoms with E-state index in [2.05, 4.69) is 20.8 Å². The third kappa shape index (κ3) is 4.39. The average Bonchev–Trinajstić information content (AvgIpc) is 3.38. The predicted octanol–water partition coefficient (Wildman–Crippen LogP) is 4.94.